The molecule has 3 aromatic rings. The number of thiazole rings is 1. The van der Waals surface area contributed by atoms with Gasteiger partial charge in [-0.1, -0.05) is 71.4 Å². The second kappa shape index (κ2) is 19.6. The first-order chi connectivity index (χ1) is 24.2. The number of hydrogen-bond acceptors (Lipinski definition) is 11. The zero-order valence-corrected chi connectivity index (χ0v) is 31.4. The van der Waals surface area contributed by atoms with E-state index in [-0.39, 0.29) is 47.6 Å². The molecule has 0 radical (unpaired) electrons. The van der Waals surface area contributed by atoms with Crippen molar-refractivity contribution in [1.82, 2.24) is 30.5 Å². The molecule has 0 aliphatic carbocycles. The van der Waals surface area contributed by atoms with E-state index >= 15 is 0 Å². The Morgan fingerprint density at radius 3 is 2.22 bits per heavy atom. The van der Waals surface area contributed by atoms with Crippen LogP contribution < -0.4 is 10.6 Å². The maximum atomic E-state index is 14.0. The lowest BCUT2D eigenvalue weighted by atomic mass is 9.93. The first-order valence-corrected chi connectivity index (χ1v) is 18.0. The van der Waals surface area contributed by atoms with Crippen molar-refractivity contribution in [2.24, 2.45) is 17.8 Å². The van der Waals surface area contributed by atoms with Gasteiger partial charge in [-0.3, -0.25) is 29.0 Å². The molecule has 276 valence electrons. The first kappa shape index (κ1) is 40.7. The fourth-order valence-electron chi connectivity index (χ4n) is 5.81. The second-order valence-corrected chi connectivity index (χ2v) is 14.0. The Balaban J connectivity index is 1.82. The lowest BCUT2D eigenvalue weighted by Gasteiger charge is -2.36. The molecule has 2 aromatic heterocycles. The molecule has 0 spiro atoms. The van der Waals surface area contributed by atoms with E-state index in [1.54, 1.807) is 24.3 Å². The molecular weight excluding hydrogens is 673 g/mol. The van der Waals surface area contributed by atoms with Crippen molar-refractivity contribution in [1.29, 1.82) is 0 Å². The van der Waals surface area contributed by atoms with Gasteiger partial charge in [0.1, 0.15) is 22.4 Å². The van der Waals surface area contributed by atoms with Crippen LogP contribution in [0.15, 0.2) is 54.3 Å². The Labute approximate surface area is 303 Å². The van der Waals surface area contributed by atoms with Gasteiger partial charge in [0, 0.05) is 50.2 Å². The number of likely N-dealkylation sites (N-methyl/N-ethyl adjacent to an activating group) is 1. The van der Waals surface area contributed by atoms with E-state index in [1.807, 2.05) is 58.0 Å². The summed E-state index contributed by atoms with van der Waals surface area (Å²) in [6, 6.07) is 7.98. The van der Waals surface area contributed by atoms with Crippen LogP contribution in [0.2, 0.25) is 0 Å². The molecule has 0 saturated heterocycles. The standard InChI is InChI=1S/C37H50N6O7S/c1-9-23(4)32(42-33(45)28-20-38-15-16-39-28)36(47)43(7)30(22(2)3)19-31(50-25(6)44)35-41-29(21-51-35)34(46)40-27(17-24(5)37(48)49-8)18-26-13-11-10-12-14-26/h10-16,20-24,27,30-32H,9,17-19H2,1-8H3,(H,40,46)(H,42,45)/t23-,24+,27+,30+,31+,32-/m0/s1. The number of hydrogen-bond donors (Lipinski definition) is 2. The van der Waals surface area contributed by atoms with Gasteiger partial charge in [-0.25, -0.2) is 9.97 Å². The summed E-state index contributed by atoms with van der Waals surface area (Å²) in [6.07, 6.45) is 5.04. The Bertz CT molecular complexity index is 1600. The summed E-state index contributed by atoms with van der Waals surface area (Å²) in [6.45, 7) is 10.8. The lowest BCUT2D eigenvalue weighted by molar-refractivity contribution is -0.149. The molecule has 0 unspecified atom stereocenters. The normalized spacial score (nSPS) is 14.7. The van der Waals surface area contributed by atoms with Crippen molar-refractivity contribution in [2.75, 3.05) is 14.2 Å². The van der Waals surface area contributed by atoms with Crippen LogP contribution in [0.3, 0.4) is 0 Å². The number of benzene rings is 1. The Morgan fingerprint density at radius 2 is 1.63 bits per heavy atom. The number of amides is 3. The average Bonchev–Trinajstić information content (AvgIpc) is 3.62. The quantitative estimate of drug-likeness (QED) is 0.174. The summed E-state index contributed by atoms with van der Waals surface area (Å²) >= 11 is 1.18. The van der Waals surface area contributed by atoms with Crippen molar-refractivity contribution in [3.63, 3.8) is 0 Å². The summed E-state index contributed by atoms with van der Waals surface area (Å²) in [4.78, 5) is 79.3. The number of nitrogens with one attached hydrogen (secondary N) is 2. The predicted octanol–water partition coefficient (Wildman–Crippen LogP) is 4.80. The van der Waals surface area contributed by atoms with E-state index in [0.29, 0.717) is 24.3 Å². The minimum Gasteiger partial charge on any atom is -0.469 e. The summed E-state index contributed by atoms with van der Waals surface area (Å²) in [5, 5.41) is 7.88. The maximum absolute atomic E-state index is 14.0. The number of aromatic nitrogens is 3. The number of ether oxygens (including phenoxy) is 2. The summed E-state index contributed by atoms with van der Waals surface area (Å²) in [7, 11) is 3.01. The molecule has 0 saturated carbocycles. The molecule has 3 rings (SSSR count). The number of carbonyl (C=O) groups excluding carboxylic acids is 5. The predicted molar refractivity (Wildman–Crippen MR) is 193 cm³/mol. The molecule has 6 atom stereocenters. The largest absolute Gasteiger partial charge is 0.469 e. The fourth-order valence-corrected chi connectivity index (χ4v) is 6.65. The molecule has 51 heavy (non-hydrogen) atoms. The number of carbonyl (C=O) groups is 5. The van der Waals surface area contributed by atoms with E-state index in [4.69, 9.17) is 9.47 Å². The van der Waals surface area contributed by atoms with E-state index in [2.05, 4.69) is 25.6 Å². The molecule has 14 heteroatoms. The van der Waals surface area contributed by atoms with Crippen molar-refractivity contribution in [2.45, 2.75) is 91.5 Å². The molecule has 0 aliphatic rings. The Kier molecular flexibility index (Phi) is 15.7. The van der Waals surface area contributed by atoms with E-state index in [1.165, 1.54) is 44.0 Å². The summed E-state index contributed by atoms with van der Waals surface area (Å²) in [5.41, 5.74) is 1.24. The third-order valence-electron chi connectivity index (χ3n) is 8.87. The zero-order chi connectivity index (χ0) is 37.7. The lowest BCUT2D eigenvalue weighted by Crippen LogP contribution is -2.54. The van der Waals surface area contributed by atoms with Crippen LogP contribution in [0, 0.1) is 17.8 Å². The molecule has 0 bridgehead atoms. The zero-order valence-electron chi connectivity index (χ0n) is 30.6. The highest BCUT2D eigenvalue weighted by atomic mass is 32.1. The summed E-state index contributed by atoms with van der Waals surface area (Å²) in [5.74, 6) is -2.86. The third-order valence-corrected chi connectivity index (χ3v) is 9.81. The van der Waals surface area contributed by atoms with Crippen LogP contribution in [0.4, 0.5) is 0 Å². The molecule has 13 nitrogen and oxygen atoms in total. The first-order valence-electron chi connectivity index (χ1n) is 17.1. The minimum absolute atomic E-state index is 0.0800. The van der Waals surface area contributed by atoms with Crippen LogP contribution in [0.25, 0.3) is 0 Å². The topological polar surface area (TPSA) is 170 Å². The number of nitrogens with zero attached hydrogens (tertiary/aromatic N) is 4. The molecule has 0 aliphatic heterocycles. The third kappa shape index (κ3) is 11.9. The van der Waals surface area contributed by atoms with Crippen LogP contribution in [0.1, 0.15) is 98.5 Å². The number of methoxy groups -OCH3 is 1. The van der Waals surface area contributed by atoms with Gasteiger partial charge in [-0.05, 0) is 30.2 Å². The van der Waals surface area contributed by atoms with Crippen molar-refractivity contribution in [3.8, 4) is 0 Å². The summed E-state index contributed by atoms with van der Waals surface area (Å²) < 4.78 is 10.7. The van der Waals surface area contributed by atoms with Gasteiger partial charge in [0.05, 0.1) is 19.2 Å². The van der Waals surface area contributed by atoms with Crippen molar-refractivity contribution < 1.29 is 33.4 Å². The highest BCUT2D eigenvalue weighted by Crippen LogP contribution is 2.31. The van der Waals surface area contributed by atoms with Crippen LogP contribution in [-0.2, 0) is 30.3 Å². The molecule has 1 aromatic carbocycles. The Morgan fingerprint density at radius 1 is 0.941 bits per heavy atom. The molecule has 3 amide bonds. The smallest absolute Gasteiger partial charge is 0.308 e. The van der Waals surface area contributed by atoms with Gasteiger partial charge in [0.15, 0.2) is 6.10 Å². The molecule has 2 N–H and O–H groups in total. The van der Waals surface area contributed by atoms with E-state index < -0.39 is 41.9 Å². The van der Waals surface area contributed by atoms with Crippen molar-refractivity contribution >= 4 is 41.0 Å². The van der Waals surface area contributed by atoms with Gasteiger partial charge < -0.3 is 25.0 Å². The number of rotatable bonds is 18. The molecular formula is C37H50N6O7S. The highest BCUT2D eigenvalue weighted by Gasteiger charge is 2.36. The minimum atomic E-state index is -0.854. The molecule has 2 heterocycles. The van der Waals surface area contributed by atoms with Gasteiger partial charge in [0.2, 0.25) is 5.91 Å². The van der Waals surface area contributed by atoms with Gasteiger partial charge >= 0.3 is 11.9 Å². The van der Waals surface area contributed by atoms with Crippen LogP contribution >= 0.6 is 11.3 Å². The maximum Gasteiger partial charge on any atom is 0.308 e. The van der Waals surface area contributed by atoms with Gasteiger partial charge in [0.25, 0.3) is 11.8 Å². The van der Waals surface area contributed by atoms with Gasteiger partial charge in [-0.15, -0.1) is 11.3 Å². The van der Waals surface area contributed by atoms with Crippen molar-refractivity contribution in [3.05, 3.63) is 76.3 Å². The van der Waals surface area contributed by atoms with Crippen LogP contribution in [0.5, 0.6) is 0 Å². The second-order valence-electron chi connectivity index (χ2n) is 13.1. The highest BCUT2D eigenvalue weighted by molar-refractivity contribution is 7.09. The van der Waals surface area contributed by atoms with Gasteiger partial charge in [-0.2, -0.15) is 0 Å². The molecule has 0 fully saturated rings. The van der Waals surface area contributed by atoms with E-state index in [9.17, 15) is 24.0 Å². The monoisotopic (exact) mass is 722 g/mol. The SMILES string of the molecule is CC[C@H](C)[C@H](NC(=O)c1cnccn1)C(=O)N(C)[C@H](C[C@@H](OC(C)=O)c1nc(C(=O)N[C@@H](Cc2ccccc2)C[C@@H](C)C(=O)OC)cs1)C(C)C. The van der Waals surface area contributed by atoms with Crippen LogP contribution in [-0.4, -0.2) is 81.8 Å². The number of esters is 2. The average molecular weight is 723 g/mol. The Hall–Kier alpha value is -4.72. The van der Waals surface area contributed by atoms with E-state index in [0.717, 1.165) is 5.56 Å². The fraction of sp³-hybridized carbons (Fsp3) is 0.514.